The summed E-state index contributed by atoms with van der Waals surface area (Å²) in [5.41, 5.74) is 5.09. The minimum Gasteiger partial charge on any atom is -0.367 e. The van der Waals surface area contributed by atoms with E-state index in [4.69, 9.17) is 4.98 Å². The van der Waals surface area contributed by atoms with Crippen LogP contribution in [0.4, 0.5) is 11.5 Å². The molecule has 0 radical (unpaired) electrons. The molecule has 0 spiro atoms. The predicted octanol–water partition coefficient (Wildman–Crippen LogP) is 2.89. The van der Waals surface area contributed by atoms with E-state index in [1.807, 2.05) is 18.2 Å². The summed E-state index contributed by atoms with van der Waals surface area (Å²) in [5.74, 6) is 1.32. The Kier molecular flexibility index (Phi) is 4.57. The van der Waals surface area contributed by atoms with E-state index < -0.39 is 0 Å². The van der Waals surface area contributed by atoms with Crippen molar-refractivity contribution in [2.45, 2.75) is 38.3 Å². The molecule has 3 aromatic heterocycles. The van der Waals surface area contributed by atoms with Crippen LogP contribution in [-0.4, -0.2) is 40.3 Å². The highest BCUT2D eigenvalue weighted by molar-refractivity contribution is 5.74. The van der Waals surface area contributed by atoms with Crippen LogP contribution >= 0.6 is 0 Å². The zero-order valence-corrected chi connectivity index (χ0v) is 16.6. The molecule has 1 atom stereocenters. The lowest BCUT2D eigenvalue weighted by molar-refractivity contribution is 0.478. The number of rotatable bonds is 3. The summed E-state index contributed by atoms with van der Waals surface area (Å²) in [6, 6.07) is 12.9. The Morgan fingerprint density at radius 1 is 1.17 bits per heavy atom. The molecule has 5 rings (SSSR count). The Labute approximate surface area is 170 Å². The Morgan fingerprint density at radius 3 is 2.86 bits per heavy atom. The van der Waals surface area contributed by atoms with Crippen molar-refractivity contribution in [1.82, 2.24) is 19.9 Å². The van der Waals surface area contributed by atoms with Crippen LogP contribution in [0.15, 0.2) is 36.5 Å². The molecule has 7 heteroatoms. The molecule has 2 aliphatic rings. The molecular weight excluding hydrogens is 362 g/mol. The van der Waals surface area contributed by atoms with Crippen molar-refractivity contribution in [3.63, 3.8) is 0 Å². The standard InChI is InChI=1S/C22H25N7/c1-15-13-28(19-4-3-18(12-23)29-20(19)8-11-25-29)14-16-2-5-21(27-22(15)16)26-17-6-9-24-10-7-17/h2-5,8,11,15,17,24H,6-7,9-10,13-14H2,1H3,(H,26,27)/t15-/m0/s1. The van der Waals surface area contributed by atoms with Crippen molar-refractivity contribution < 1.29 is 0 Å². The van der Waals surface area contributed by atoms with Gasteiger partial charge in [-0.15, -0.1) is 0 Å². The maximum atomic E-state index is 9.33. The number of piperidine rings is 1. The van der Waals surface area contributed by atoms with Gasteiger partial charge >= 0.3 is 0 Å². The Hall–Kier alpha value is -3.11. The van der Waals surface area contributed by atoms with E-state index in [1.54, 1.807) is 10.7 Å². The highest BCUT2D eigenvalue weighted by Crippen LogP contribution is 2.33. The van der Waals surface area contributed by atoms with Crippen molar-refractivity contribution in [2.75, 3.05) is 29.9 Å². The van der Waals surface area contributed by atoms with Crippen LogP contribution < -0.4 is 15.5 Å². The van der Waals surface area contributed by atoms with Crippen molar-refractivity contribution in [3.05, 3.63) is 53.5 Å². The summed E-state index contributed by atoms with van der Waals surface area (Å²) >= 11 is 0. The molecule has 3 aromatic rings. The fourth-order valence-electron chi connectivity index (χ4n) is 4.55. The van der Waals surface area contributed by atoms with E-state index in [0.29, 0.717) is 17.7 Å². The SMILES string of the molecule is C[C@H]1CN(c2ccc(C#N)n3nccc23)Cc2ccc(NC3CCNCC3)nc21. The maximum absolute atomic E-state index is 9.33. The summed E-state index contributed by atoms with van der Waals surface area (Å²) in [6.45, 7) is 6.09. The van der Waals surface area contributed by atoms with Gasteiger partial charge in [-0.05, 0) is 55.8 Å². The second kappa shape index (κ2) is 7.37. The molecular formula is C22H25N7. The van der Waals surface area contributed by atoms with E-state index in [-0.39, 0.29) is 0 Å². The Morgan fingerprint density at radius 2 is 2.03 bits per heavy atom. The van der Waals surface area contributed by atoms with Gasteiger partial charge in [0.25, 0.3) is 0 Å². The number of nitrogens with zero attached hydrogens (tertiary/aromatic N) is 5. The van der Waals surface area contributed by atoms with E-state index in [9.17, 15) is 5.26 Å². The molecule has 0 aliphatic carbocycles. The zero-order valence-electron chi connectivity index (χ0n) is 16.6. The van der Waals surface area contributed by atoms with Crippen LogP contribution in [0.2, 0.25) is 0 Å². The highest BCUT2D eigenvalue weighted by atomic mass is 15.2. The minimum atomic E-state index is 0.326. The third-order valence-electron chi connectivity index (χ3n) is 6.01. The van der Waals surface area contributed by atoms with Crippen LogP contribution in [-0.2, 0) is 6.54 Å². The number of nitrogens with one attached hydrogen (secondary N) is 2. The number of nitriles is 1. The van der Waals surface area contributed by atoms with Crippen LogP contribution in [0.25, 0.3) is 5.52 Å². The van der Waals surface area contributed by atoms with Gasteiger partial charge in [-0.3, -0.25) is 0 Å². The second-order valence-electron chi connectivity index (χ2n) is 8.03. The smallest absolute Gasteiger partial charge is 0.142 e. The Bertz CT molecular complexity index is 1070. The van der Waals surface area contributed by atoms with Crippen LogP contribution in [0, 0.1) is 11.3 Å². The fraction of sp³-hybridized carbons (Fsp3) is 0.409. The molecule has 1 fully saturated rings. The van der Waals surface area contributed by atoms with Gasteiger partial charge in [-0.1, -0.05) is 13.0 Å². The lowest BCUT2D eigenvalue weighted by Crippen LogP contribution is -2.36. The van der Waals surface area contributed by atoms with Crippen LogP contribution in [0.1, 0.15) is 42.6 Å². The lowest BCUT2D eigenvalue weighted by atomic mass is 9.95. The van der Waals surface area contributed by atoms with E-state index in [2.05, 4.69) is 45.8 Å². The molecule has 1 saturated heterocycles. The summed E-state index contributed by atoms with van der Waals surface area (Å²) in [6.07, 6.45) is 4.03. The van der Waals surface area contributed by atoms with Crippen LogP contribution in [0.5, 0.6) is 0 Å². The molecule has 7 nitrogen and oxygen atoms in total. The summed E-state index contributed by atoms with van der Waals surface area (Å²) in [5, 5.41) is 20.7. The van der Waals surface area contributed by atoms with Crippen molar-refractivity contribution in [1.29, 1.82) is 5.26 Å². The molecule has 0 amide bonds. The first-order chi connectivity index (χ1) is 14.2. The lowest BCUT2D eigenvalue weighted by Gasteiger charge is -2.35. The second-order valence-corrected chi connectivity index (χ2v) is 8.03. The van der Waals surface area contributed by atoms with Crippen molar-refractivity contribution in [3.8, 4) is 6.07 Å². The zero-order chi connectivity index (χ0) is 19.8. The van der Waals surface area contributed by atoms with Gasteiger partial charge in [0.2, 0.25) is 0 Å². The summed E-state index contributed by atoms with van der Waals surface area (Å²) in [7, 11) is 0. The monoisotopic (exact) mass is 387 g/mol. The number of hydrogen-bond donors (Lipinski definition) is 2. The first kappa shape index (κ1) is 18.0. The van der Waals surface area contributed by atoms with E-state index >= 15 is 0 Å². The molecule has 0 bridgehead atoms. The summed E-state index contributed by atoms with van der Waals surface area (Å²) in [4.78, 5) is 7.35. The highest BCUT2D eigenvalue weighted by Gasteiger charge is 2.26. The molecule has 0 saturated carbocycles. The normalized spacial score (nSPS) is 19.7. The molecule has 2 N–H and O–H groups in total. The predicted molar refractivity (Wildman–Crippen MR) is 113 cm³/mol. The number of pyridine rings is 2. The number of hydrogen-bond acceptors (Lipinski definition) is 6. The van der Waals surface area contributed by atoms with Crippen molar-refractivity contribution >= 4 is 17.0 Å². The van der Waals surface area contributed by atoms with Crippen molar-refractivity contribution in [2.24, 2.45) is 0 Å². The molecule has 29 heavy (non-hydrogen) atoms. The van der Waals surface area contributed by atoms with Gasteiger partial charge in [0.1, 0.15) is 17.6 Å². The average Bonchev–Trinajstić information content (AvgIpc) is 3.24. The quantitative estimate of drug-likeness (QED) is 0.719. The van der Waals surface area contributed by atoms with Gasteiger partial charge in [-0.25, -0.2) is 9.50 Å². The maximum Gasteiger partial charge on any atom is 0.142 e. The Balaban J connectivity index is 1.41. The molecule has 148 valence electrons. The number of fused-ring (bicyclic) bond motifs is 2. The van der Waals surface area contributed by atoms with E-state index in [0.717, 1.165) is 56.0 Å². The fourth-order valence-corrected chi connectivity index (χ4v) is 4.55. The number of anilines is 2. The molecule has 0 aromatic carbocycles. The first-order valence-electron chi connectivity index (χ1n) is 10.3. The van der Waals surface area contributed by atoms with E-state index in [1.165, 1.54) is 11.3 Å². The van der Waals surface area contributed by atoms with Gasteiger partial charge in [0.15, 0.2) is 0 Å². The third kappa shape index (κ3) is 3.30. The van der Waals surface area contributed by atoms with Gasteiger partial charge in [0, 0.05) is 25.0 Å². The first-order valence-corrected chi connectivity index (χ1v) is 10.3. The molecule has 2 aliphatic heterocycles. The molecule has 5 heterocycles. The average molecular weight is 387 g/mol. The van der Waals surface area contributed by atoms with Gasteiger partial charge in [-0.2, -0.15) is 10.4 Å². The number of aromatic nitrogens is 3. The minimum absolute atomic E-state index is 0.326. The molecule has 0 unspecified atom stereocenters. The van der Waals surface area contributed by atoms with Crippen LogP contribution in [0.3, 0.4) is 0 Å². The van der Waals surface area contributed by atoms with Gasteiger partial charge in [0.05, 0.1) is 23.1 Å². The third-order valence-corrected chi connectivity index (χ3v) is 6.01. The topological polar surface area (TPSA) is 81.3 Å². The summed E-state index contributed by atoms with van der Waals surface area (Å²) < 4.78 is 1.72. The largest absolute Gasteiger partial charge is 0.367 e. The van der Waals surface area contributed by atoms with Gasteiger partial charge < -0.3 is 15.5 Å².